The fourth-order valence-corrected chi connectivity index (χ4v) is 1.51. The van der Waals surface area contributed by atoms with E-state index in [1.54, 1.807) is 0 Å². The molecule has 0 amide bonds. The van der Waals surface area contributed by atoms with E-state index in [0.29, 0.717) is 0 Å². The molecule has 0 heterocycles. The summed E-state index contributed by atoms with van der Waals surface area (Å²) < 4.78 is 5.40. The molecule has 1 aliphatic rings. The van der Waals surface area contributed by atoms with E-state index in [9.17, 15) is 0 Å². The predicted octanol–water partition coefficient (Wildman–Crippen LogP) is 1.95. The van der Waals surface area contributed by atoms with Crippen molar-refractivity contribution in [1.29, 1.82) is 0 Å². The first kappa shape index (κ1) is 8.81. The van der Waals surface area contributed by atoms with Gasteiger partial charge < -0.3 is 4.53 Å². The first-order valence-electron chi connectivity index (χ1n) is 4.40. The van der Waals surface area contributed by atoms with E-state index in [0.717, 1.165) is 0 Å². The molecule has 0 atom stereocenters. The lowest BCUT2D eigenvalue weighted by Crippen LogP contribution is -2.22. The van der Waals surface area contributed by atoms with Crippen LogP contribution in [0.15, 0.2) is 11.8 Å². The van der Waals surface area contributed by atoms with E-state index in [2.05, 4.69) is 24.7 Å². The van der Waals surface area contributed by atoms with Crippen molar-refractivity contribution in [3.8, 4) is 0 Å². The number of hydrogen-bond acceptors (Lipinski definition) is 2. The molecule has 64 valence electrons. The van der Waals surface area contributed by atoms with Gasteiger partial charge in [-0.1, -0.05) is 6.08 Å². The van der Waals surface area contributed by atoms with Crippen LogP contribution < -0.4 is 5.48 Å². The van der Waals surface area contributed by atoms with Gasteiger partial charge in [-0.3, -0.25) is 5.48 Å². The van der Waals surface area contributed by atoms with E-state index < -0.39 is 9.04 Å². The quantitative estimate of drug-likeness (QED) is 0.517. The highest BCUT2D eigenvalue weighted by Gasteiger charge is 2.03. The first-order chi connectivity index (χ1) is 5.29. The van der Waals surface area contributed by atoms with Crippen molar-refractivity contribution in [2.45, 2.75) is 38.8 Å². The summed E-state index contributed by atoms with van der Waals surface area (Å²) in [6, 6.07) is 0. The van der Waals surface area contributed by atoms with Crippen LogP contribution in [-0.4, -0.2) is 9.04 Å². The summed E-state index contributed by atoms with van der Waals surface area (Å²) in [7, 11) is -0.893. The number of hydrogen-bond donors (Lipinski definition) is 1. The number of nitrogens with one attached hydrogen (secondary N) is 1. The molecule has 11 heavy (non-hydrogen) atoms. The van der Waals surface area contributed by atoms with E-state index in [4.69, 9.17) is 4.53 Å². The van der Waals surface area contributed by atoms with Crippen LogP contribution in [0.4, 0.5) is 0 Å². The summed E-state index contributed by atoms with van der Waals surface area (Å²) >= 11 is 0. The standard InChI is InChI=1S/C8H17NOSi/c1-11(2)10-9-8-6-4-3-5-7-8/h6,9,11H,3-5,7H2,1-2H3. The van der Waals surface area contributed by atoms with Gasteiger partial charge in [0.05, 0.1) is 0 Å². The second kappa shape index (κ2) is 4.57. The Hall–Kier alpha value is -0.283. The molecule has 0 bridgehead atoms. The molecule has 0 radical (unpaired) electrons. The molecule has 0 aromatic carbocycles. The minimum atomic E-state index is -0.893. The lowest BCUT2D eigenvalue weighted by atomic mass is 10.1. The van der Waals surface area contributed by atoms with Gasteiger partial charge in [0.2, 0.25) is 9.04 Å². The molecule has 0 fully saturated rings. The van der Waals surface area contributed by atoms with Crippen LogP contribution >= 0.6 is 0 Å². The van der Waals surface area contributed by atoms with Crippen LogP contribution in [0.2, 0.25) is 13.1 Å². The van der Waals surface area contributed by atoms with E-state index in [1.165, 1.54) is 31.4 Å². The average Bonchev–Trinajstić information content (AvgIpc) is 2.03. The predicted molar refractivity (Wildman–Crippen MR) is 49.6 cm³/mol. The molecule has 3 heteroatoms. The summed E-state index contributed by atoms with van der Waals surface area (Å²) in [5.74, 6) is 0. The Bertz CT molecular complexity index is 145. The minimum absolute atomic E-state index is 0.893. The zero-order valence-electron chi connectivity index (χ0n) is 7.39. The molecular formula is C8H17NOSi. The van der Waals surface area contributed by atoms with Gasteiger partial charge in [0.25, 0.3) is 0 Å². The third kappa shape index (κ3) is 3.58. The average molecular weight is 171 g/mol. The Kier molecular flexibility index (Phi) is 3.66. The summed E-state index contributed by atoms with van der Waals surface area (Å²) in [5.41, 5.74) is 4.33. The topological polar surface area (TPSA) is 21.3 Å². The molecule has 0 saturated carbocycles. The Morgan fingerprint density at radius 1 is 1.45 bits per heavy atom. The third-order valence-electron chi connectivity index (χ3n) is 1.72. The molecule has 0 saturated heterocycles. The molecule has 1 aliphatic carbocycles. The summed E-state index contributed by atoms with van der Waals surface area (Å²) in [5, 5.41) is 0. The van der Waals surface area contributed by atoms with Crippen molar-refractivity contribution in [3.63, 3.8) is 0 Å². The summed E-state index contributed by atoms with van der Waals surface area (Å²) in [4.78, 5) is 0. The molecule has 0 aromatic rings. The molecule has 0 aliphatic heterocycles. The van der Waals surface area contributed by atoms with Gasteiger partial charge in [0.1, 0.15) is 0 Å². The van der Waals surface area contributed by atoms with Crippen LogP contribution in [0.5, 0.6) is 0 Å². The van der Waals surface area contributed by atoms with Gasteiger partial charge in [0, 0.05) is 5.70 Å². The van der Waals surface area contributed by atoms with Gasteiger partial charge in [-0.05, 0) is 38.8 Å². The van der Waals surface area contributed by atoms with Gasteiger partial charge >= 0.3 is 0 Å². The highest BCUT2D eigenvalue weighted by Crippen LogP contribution is 2.14. The number of rotatable bonds is 3. The van der Waals surface area contributed by atoms with Gasteiger partial charge in [-0.25, -0.2) is 0 Å². The Labute approximate surface area is 70.3 Å². The molecule has 0 unspecified atom stereocenters. The van der Waals surface area contributed by atoms with Crippen molar-refractivity contribution in [1.82, 2.24) is 5.48 Å². The monoisotopic (exact) mass is 171 g/mol. The zero-order chi connectivity index (χ0) is 8.10. The molecule has 1 rings (SSSR count). The van der Waals surface area contributed by atoms with Crippen LogP contribution in [0.3, 0.4) is 0 Å². The van der Waals surface area contributed by atoms with Crippen LogP contribution in [-0.2, 0) is 4.53 Å². The maximum absolute atomic E-state index is 5.40. The van der Waals surface area contributed by atoms with Crippen LogP contribution in [0, 0.1) is 0 Å². The molecule has 0 spiro atoms. The first-order valence-corrected chi connectivity index (χ1v) is 7.18. The normalized spacial score (nSPS) is 18.3. The second-order valence-corrected chi connectivity index (χ2v) is 5.58. The number of allylic oxidation sites excluding steroid dienone is 2. The lowest BCUT2D eigenvalue weighted by Gasteiger charge is -2.16. The van der Waals surface area contributed by atoms with Crippen molar-refractivity contribution in [3.05, 3.63) is 11.8 Å². The molecule has 1 N–H and O–H groups in total. The third-order valence-corrected chi connectivity index (χ3v) is 2.31. The van der Waals surface area contributed by atoms with E-state index in [-0.39, 0.29) is 0 Å². The van der Waals surface area contributed by atoms with Crippen molar-refractivity contribution in [2.75, 3.05) is 0 Å². The largest absolute Gasteiger partial charge is 0.327 e. The highest BCUT2D eigenvalue weighted by molar-refractivity contribution is 6.48. The Balaban J connectivity index is 2.19. The van der Waals surface area contributed by atoms with Gasteiger partial charge in [-0.2, -0.15) is 0 Å². The summed E-state index contributed by atoms with van der Waals surface area (Å²) in [6.07, 6.45) is 7.28. The van der Waals surface area contributed by atoms with E-state index >= 15 is 0 Å². The molecule has 0 aromatic heterocycles. The Morgan fingerprint density at radius 3 is 2.82 bits per heavy atom. The Morgan fingerprint density at radius 2 is 2.27 bits per heavy atom. The summed E-state index contributed by atoms with van der Waals surface area (Å²) in [6.45, 7) is 4.33. The van der Waals surface area contributed by atoms with Crippen LogP contribution in [0.25, 0.3) is 0 Å². The molecule has 2 nitrogen and oxygen atoms in total. The van der Waals surface area contributed by atoms with Crippen molar-refractivity contribution >= 4 is 9.04 Å². The SMILES string of the molecule is C[SiH](C)ONC1=CCCCC1. The maximum Gasteiger partial charge on any atom is 0.208 e. The highest BCUT2D eigenvalue weighted by atomic mass is 28.3. The smallest absolute Gasteiger partial charge is 0.208 e. The maximum atomic E-state index is 5.40. The zero-order valence-corrected chi connectivity index (χ0v) is 8.55. The van der Waals surface area contributed by atoms with E-state index in [1.807, 2.05) is 0 Å². The van der Waals surface area contributed by atoms with Crippen molar-refractivity contribution in [2.24, 2.45) is 0 Å². The second-order valence-electron chi connectivity index (χ2n) is 3.24. The van der Waals surface area contributed by atoms with Crippen LogP contribution in [0.1, 0.15) is 25.7 Å². The lowest BCUT2D eigenvalue weighted by molar-refractivity contribution is 0.226. The fourth-order valence-electron chi connectivity index (χ4n) is 1.12. The number of hydroxylamine groups is 1. The molecular weight excluding hydrogens is 154 g/mol. The van der Waals surface area contributed by atoms with Gasteiger partial charge in [0.15, 0.2) is 0 Å². The minimum Gasteiger partial charge on any atom is -0.327 e. The van der Waals surface area contributed by atoms with Crippen molar-refractivity contribution < 1.29 is 4.53 Å². The van der Waals surface area contributed by atoms with Gasteiger partial charge in [-0.15, -0.1) is 0 Å². The fraction of sp³-hybridized carbons (Fsp3) is 0.750.